The van der Waals surface area contributed by atoms with Crippen LogP contribution in [0.5, 0.6) is 0 Å². The van der Waals surface area contributed by atoms with Crippen LogP contribution in [0.4, 0.5) is 10.5 Å². The number of pyridine rings is 1. The Morgan fingerprint density at radius 3 is 2.47 bits per heavy atom. The number of rotatable bonds is 5. The first-order valence-corrected chi connectivity index (χ1v) is 6.05. The number of anilines is 1. The number of nitrogens with one attached hydrogen (secondary N) is 2. The molecule has 94 valence electrons. The molecule has 1 heterocycles. The quantitative estimate of drug-likeness (QED) is 0.824. The fourth-order valence-corrected chi connectivity index (χ4v) is 1.48. The Morgan fingerprint density at radius 1 is 1.24 bits per heavy atom. The topological polar surface area (TPSA) is 54.0 Å². The van der Waals surface area contributed by atoms with Crippen molar-refractivity contribution in [3.05, 3.63) is 24.5 Å². The van der Waals surface area contributed by atoms with Crippen LogP contribution in [-0.2, 0) is 0 Å². The highest BCUT2D eigenvalue weighted by Crippen LogP contribution is 2.07. The molecule has 0 spiro atoms. The van der Waals surface area contributed by atoms with Gasteiger partial charge in [-0.05, 0) is 37.8 Å². The number of carbonyl (C=O) groups excluding carboxylic acids is 1. The van der Waals surface area contributed by atoms with Crippen LogP contribution in [0.15, 0.2) is 24.5 Å². The summed E-state index contributed by atoms with van der Waals surface area (Å²) in [5.41, 5.74) is 0.758. The van der Waals surface area contributed by atoms with Crippen molar-refractivity contribution >= 4 is 11.7 Å². The van der Waals surface area contributed by atoms with Crippen LogP contribution in [0, 0.1) is 5.92 Å². The molecule has 0 aromatic carbocycles. The maximum atomic E-state index is 11.6. The molecule has 0 saturated carbocycles. The molecule has 0 fully saturated rings. The zero-order valence-electron chi connectivity index (χ0n) is 10.7. The van der Waals surface area contributed by atoms with Crippen molar-refractivity contribution < 1.29 is 4.79 Å². The fraction of sp³-hybridized carbons (Fsp3) is 0.538. The SMILES string of the molecule is CC(C)CC[C@@H](C)NC(=O)Nc1ccncc1. The third kappa shape index (κ3) is 5.90. The van der Waals surface area contributed by atoms with Gasteiger partial charge in [-0.2, -0.15) is 0 Å². The van der Waals surface area contributed by atoms with E-state index in [0.717, 1.165) is 18.5 Å². The van der Waals surface area contributed by atoms with Crippen LogP contribution in [0.25, 0.3) is 0 Å². The van der Waals surface area contributed by atoms with Gasteiger partial charge in [0.25, 0.3) is 0 Å². The molecule has 1 rings (SSSR count). The summed E-state index contributed by atoms with van der Waals surface area (Å²) in [7, 11) is 0. The van der Waals surface area contributed by atoms with Gasteiger partial charge in [0.05, 0.1) is 0 Å². The predicted octanol–water partition coefficient (Wildman–Crippen LogP) is 3.03. The lowest BCUT2D eigenvalue weighted by Gasteiger charge is -2.15. The minimum atomic E-state index is -0.160. The average Bonchev–Trinajstić information content (AvgIpc) is 2.27. The molecule has 0 saturated heterocycles. The summed E-state index contributed by atoms with van der Waals surface area (Å²) in [6, 6.07) is 3.56. The Bertz CT molecular complexity index is 338. The van der Waals surface area contributed by atoms with Gasteiger partial charge in [-0.3, -0.25) is 4.98 Å². The predicted molar refractivity (Wildman–Crippen MR) is 69.9 cm³/mol. The van der Waals surface area contributed by atoms with Crippen LogP contribution in [0.3, 0.4) is 0 Å². The van der Waals surface area contributed by atoms with Crippen molar-refractivity contribution in [3.63, 3.8) is 0 Å². The smallest absolute Gasteiger partial charge is 0.319 e. The van der Waals surface area contributed by atoms with E-state index in [4.69, 9.17) is 0 Å². The summed E-state index contributed by atoms with van der Waals surface area (Å²) in [5.74, 6) is 0.669. The highest BCUT2D eigenvalue weighted by molar-refractivity contribution is 5.89. The highest BCUT2D eigenvalue weighted by atomic mass is 16.2. The largest absolute Gasteiger partial charge is 0.335 e. The number of amides is 2. The van der Waals surface area contributed by atoms with Crippen molar-refractivity contribution in [2.45, 2.75) is 39.7 Å². The van der Waals surface area contributed by atoms with E-state index in [1.807, 2.05) is 6.92 Å². The Morgan fingerprint density at radius 2 is 1.88 bits per heavy atom. The van der Waals surface area contributed by atoms with Gasteiger partial charge in [0.1, 0.15) is 0 Å². The molecule has 0 aliphatic heterocycles. The monoisotopic (exact) mass is 235 g/mol. The lowest BCUT2D eigenvalue weighted by atomic mass is 10.0. The Kier molecular flexibility index (Phi) is 5.46. The summed E-state index contributed by atoms with van der Waals surface area (Å²) in [4.78, 5) is 15.5. The Balaban J connectivity index is 2.29. The maximum Gasteiger partial charge on any atom is 0.319 e. The van der Waals surface area contributed by atoms with Gasteiger partial charge in [-0.1, -0.05) is 13.8 Å². The highest BCUT2D eigenvalue weighted by Gasteiger charge is 2.07. The van der Waals surface area contributed by atoms with Gasteiger partial charge < -0.3 is 10.6 Å². The normalized spacial score (nSPS) is 12.2. The van der Waals surface area contributed by atoms with Gasteiger partial charge in [0.2, 0.25) is 0 Å². The molecular formula is C13H21N3O. The molecule has 4 heteroatoms. The number of nitrogens with zero attached hydrogens (tertiary/aromatic N) is 1. The van der Waals surface area contributed by atoms with Crippen molar-refractivity contribution in [1.29, 1.82) is 0 Å². The van der Waals surface area contributed by atoms with Crippen LogP contribution in [0.2, 0.25) is 0 Å². The van der Waals surface area contributed by atoms with Crippen molar-refractivity contribution in [2.24, 2.45) is 5.92 Å². The first-order valence-electron chi connectivity index (χ1n) is 6.05. The van der Waals surface area contributed by atoms with Crippen LogP contribution < -0.4 is 10.6 Å². The third-order valence-electron chi connectivity index (χ3n) is 2.49. The van der Waals surface area contributed by atoms with Crippen molar-refractivity contribution in [1.82, 2.24) is 10.3 Å². The van der Waals surface area contributed by atoms with Crippen LogP contribution in [-0.4, -0.2) is 17.1 Å². The minimum absolute atomic E-state index is 0.160. The maximum absolute atomic E-state index is 11.6. The van der Waals surface area contributed by atoms with Crippen LogP contribution in [0.1, 0.15) is 33.6 Å². The van der Waals surface area contributed by atoms with E-state index in [1.165, 1.54) is 0 Å². The number of hydrogen-bond acceptors (Lipinski definition) is 2. The molecule has 0 aliphatic carbocycles. The number of urea groups is 1. The summed E-state index contributed by atoms with van der Waals surface area (Å²) in [6.45, 7) is 6.39. The third-order valence-corrected chi connectivity index (χ3v) is 2.49. The van der Waals surface area contributed by atoms with E-state index in [0.29, 0.717) is 5.92 Å². The summed E-state index contributed by atoms with van der Waals surface area (Å²) in [6.07, 6.45) is 5.42. The molecule has 17 heavy (non-hydrogen) atoms. The van der Waals surface area contributed by atoms with E-state index in [2.05, 4.69) is 29.5 Å². The first-order chi connectivity index (χ1) is 8.08. The van der Waals surface area contributed by atoms with E-state index in [1.54, 1.807) is 24.5 Å². The molecular weight excluding hydrogens is 214 g/mol. The number of hydrogen-bond donors (Lipinski definition) is 2. The second-order valence-electron chi connectivity index (χ2n) is 4.71. The van der Waals surface area contributed by atoms with Gasteiger partial charge >= 0.3 is 6.03 Å². The number of carbonyl (C=O) groups is 1. The summed E-state index contributed by atoms with van der Waals surface area (Å²) in [5, 5.41) is 5.68. The molecule has 1 aromatic heterocycles. The summed E-state index contributed by atoms with van der Waals surface area (Å²) < 4.78 is 0. The molecule has 0 radical (unpaired) electrons. The lowest BCUT2D eigenvalue weighted by molar-refractivity contribution is 0.248. The molecule has 4 nitrogen and oxygen atoms in total. The molecule has 0 unspecified atom stereocenters. The Labute approximate surface area is 103 Å². The number of aromatic nitrogens is 1. The summed E-state index contributed by atoms with van der Waals surface area (Å²) >= 11 is 0. The minimum Gasteiger partial charge on any atom is -0.335 e. The van der Waals surface area contributed by atoms with Crippen molar-refractivity contribution in [3.8, 4) is 0 Å². The average molecular weight is 235 g/mol. The molecule has 2 N–H and O–H groups in total. The van der Waals surface area contributed by atoms with Gasteiger partial charge in [0.15, 0.2) is 0 Å². The van der Waals surface area contributed by atoms with Gasteiger partial charge in [0, 0.05) is 24.1 Å². The van der Waals surface area contributed by atoms with Gasteiger partial charge in [-0.15, -0.1) is 0 Å². The standard InChI is InChI=1S/C13H21N3O/c1-10(2)4-5-11(3)15-13(17)16-12-6-8-14-9-7-12/h6-11H,4-5H2,1-3H3,(H2,14,15,16,17)/t11-/m1/s1. The van der Waals surface area contributed by atoms with E-state index < -0.39 is 0 Å². The molecule has 0 aliphatic rings. The van der Waals surface area contributed by atoms with E-state index in [9.17, 15) is 4.79 Å². The zero-order chi connectivity index (χ0) is 12.7. The molecule has 1 atom stereocenters. The van der Waals surface area contributed by atoms with Crippen molar-refractivity contribution in [2.75, 3.05) is 5.32 Å². The lowest BCUT2D eigenvalue weighted by Crippen LogP contribution is -2.36. The zero-order valence-corrected chi connectivity index (χ0v) is 10.7. The molecule has 1 aromatic rings. The van der Waals surface area contributed by atoms with Gasteiger partial charge in [-0.25, -0.2) is 4.79 Å². The van der Waals surface area contributed by atoms with E-state index >= 15 is 0 Å². The van der Waals surface area contributed by atoms with E-state index in [-0.39, 0.29) is 12.1 Å². The second kappa shape index (κ2) is 6.89. The first kappa shape index (κ1) is 13.5. The molecule has 2 amide bonds. The molecule has 0 bridgehead atoms. The second-order valence-corrected chi connectivity index (χ2v) is 4.71. The Hall–Kier alpha value is -1.58. The fourth-order valence-electron chi connectivity index (χ4n) is 1.48. The van der Waals surface area contributed by atoms with Crippen LogP contribution >= 0.6 is 0 Å².